The number of aromatic nitrogens is 2. The van der Waals surface area contributed by atoms with Crippen molar-refractivity contribution in [3.63, 3.8) is 0 Å². The number of hydrogen-bond acceptors (Lipinski definition) is 2. The molecule has 0 amide bonds. The molecule has 0 spiro atoms. The van der Waals surface area contributed by atoms with Crippen LogP contribution in [0.1, 0.15) is 11.3 Å². The van der Waals surface area contributed by atoms with Crippen molar-refractivity contribution < 1.29 is 0 Å². The Bertz CT molecular complexity index is 732. The van der Waals surface area contributed by atoms with Crippen LogP contribution in [0, 0.1) is 0 Å². The first-order valence-electron chi connectivity index (χ1n) is 7.31. The summed E-state index contributed by atoms with van der Waals surface area (Å²) in [6.45, 7) is 1.94. The molecule has 0 bridgehead atoms. The number of H-pyrrole nitrogens is 1. The average Bonchev–Trinajstić information content (AvgIpc) is 3.19. The van der Waals surface area contributed by atoms with E-state index in [9.17, 15) is 0 Å². The number of nitrogens with one attached hydrogen (secondary N) is 1. The molecule has 0 saturated heterocycles. The molecule has 0 unspecified atom stereocenters. The maximum absolute atomic E-state index is 4.34. The Morgan fingerprint density at radius 1 is 1.05 bits per heavy atom. The molecule has 104 valence electrons. The second kappa shape index (κ2) is 5.09. The molecule has 0 saturated carbocycles. The van der Waals surface area contributed by atoms with E-state index >= 15 is 0 Å². The van der Waals surface area contributed by atoms with Crippen LogP contribution in [0.3, 0.4) is 0 Å². The van der Waals surface area contributed by atoms with Crippen molar-refractivity contribution in [3.8, 4) is 11.1 Å². The molecule has 1 aromatic heterocycles. The number of hydrogen-bond donors (Lipinski definition) is 1. The van der Waals surface area contributed by atoms with Crippen LogP contribution >= 0.6 is 0 Å². The normalized spacial score (nSPS) is 13.4. The molecule has 3 heteroatoms. The summed E-state index contributed by atoms with van der Waals surface area (Å²) in [7, 11) is 0. The van der Waals surface area contributed by atoms with Crippen LogP contribution in [0.2, 0.25) is 0 Å². The van der Waals surface area contributed by atoms with Gasteiger partial charge in [-0.25, -0.2) is 4.98 Å². The molecule has 0 fully saturated rings. The summed E-state index contributed by atoms with van der Waals surface area (Å²) in [5, 5.41) is 0. The van der Waals surface area contributed by atoms with Crippen molar-refractivity contribution in [2.45, 2.75) is 13.0 Å². The van der Waals surface area contributed by atoms with Gasteiger partial charge >= 0.3 is 0 Å². The van der Waals surface area contributed by atoms with Gasteiger partial charge in [0.25, 0.3) is 0 Å². The minimum Gasteiger partial charge on any atom is -0.365 e. The fourth-order valence-electron chi connectivity index (χ4n) is 2.99. The Kier molecular flexibility index (Phi) is 2.96. The molecular weight excluding hydrogens is 258 g/mol. The zero-order chi connectivity index (χ0) is 14.1. The molecule has 21 heavy (non-hydrogen) atoms. The van der Waals surface area contributed by atoms with Gasteiger partial charge < -0.3 is 9.88 Å². The largest absolute Gasteiger partial charge is 0.365 e. The summed E-state index contributed by atoms with van der Waals surface area (Å²) in [4.78, 5) is 9.78. The predicted molar refractivity (Wildman–Crippen MR) is 85.2 cm³/mol. The lowest BCUT2D eigenvalue weighted by Crippen LogP contribution is -2.19. The third-order valence-corrected chi connectivity index (χ3v) is 4.09. The topological polar surface area (TPSA) is 31.9 Å². The Balaban J connectivity index is 1.67. The van der Waals surface area contributed by atoms with Crippen molar-refractivity contribution in [2.75, 3.05) is 11.4 Å². The van der Waals surface area contributed by atoms with Gasteiger partial charge in [0.05, 0.1) is 18.6 Å². The number of rotatable bonds is 3. The highest BCUT2D eigenvalue weighted by molar-refractivity contribution is 5.72. The van der Waals surface area contributed by atoms with E-state index in [1.54, 1.807) is 6.33 Å². The van der Waals surface area contributed by atoms with Gasteiger partial charge in [0.2, 0.25) is 0 Å². The smallest absolute Gasteiger partial charge is 0.0923 e. The van der Waals surface area contributed by atoms with Gasteiger partial charge in [0.1, 0.15) is 0 Å². The summed E-state index contributed by atoms with van der Waals surface area (Å²) < 4.78 is 0. The van der Waals surface area contributed by atoms with Crippen LogP contribution in [0.15, 0.2) is 61.1 Å². The lowest BCUT2D eigenvalue weighted by Gasteiger charge is -2.18. The average molecular weight is 275 g/mol. The van der Waals surface area contributed by atoms with Gasteiger partial charge in [-0.1, -0.05) is 42.5 Å². The summed E-state index contributed by atoms with van der Waals surface area (Å²) in [5.41, 5.74) is 6.42. The molecule has 1 aliphatic rings. The second-order valence-corrected chi connectivity index (χ2v) is 5.44. The monoisotopic (exact) mass is 275 g/mol. The third kappa shape index (κ3) is 2.31. The minimum atomic E-state index is 0.870. The van der Waals surface area contributed by atoms with E-state index in [0.29, 0.717) is 0 Å². The molecule has 0 atom stereocenters. The Hall–Kier alpha value is -2.55. The van der Waals surface area contributed by atoms with Crippen molar-refractivity contribution in [1.82, 2.24) is 9.97 Å². The number of imidazole rings is 1. The van der Waals surface area contributed by atoms with Crippen LogP contribution in [-0.2, 0) is 13.0 Å². The molecule has 0 radical (unpaired) electrons. The van der Waals surface area contributed by atoms with Crippen LogP contribution in [-0.4, -0.2) is 16.5 Å². The SMILES string of the molecule is c1ccc(-c2ccc3c(c2)N(Cc2c[nH]cn2)CC3)cc1. The van der Waals surface area contributed by atoms with E-state index in [2.05, 4.69) is 63.4 Å². The number of aromatic amines is 1. The number of nitrogens with zero attached hydrogens (tertiary/aromatic N) is 2. The van der Waals surface area contributed by atoms with Gasteiger partial charge in [-0.15, -0.1) is 0 Å². The summed E-state index contributed by atoms with van der Waals surface area (Å²) in [5.74, 6) is 0. The molecule has 3 aromatic rings. The van der Waals surface area contributed by atoms with E-state index in [4.69, 9.17) is 0 Å². The first-order chi connectivity index (χ1) is 10.4. The van der Waals surface area contributed by atoms with Crippen molar-refractivity contribution >= 4 is 5.69 Å². The second-order valence-electron chi connectivity index (χ2n) is 5.44. The molecule has 3 nitrogen and oxygen atoms in total. The Morgan fingerprint density at radius 2 is 1.95 bits per heavy atom. The van der Waals surface area contributed by atoms with Gasteiger partial charge in [0, 0.05) is 18.4 Å². The van der Waals surface area contributed by atoms with E-state index < -0.39 is 0 Å². The van der Waals surface area contributed by atoms with Crippen LogP contribution in [0.5, 0.6) is 0 Å². The summed E-state index contributed by atoms with van der Waals surface area (Å²) in [6.07, 6.45) is 4.83. The fourth-order valence-corrected chi connectivity index (χ4v) is 2.99. The number of anilines is 1. The van der Waals surface area contributed by atoms with Crippen molar-refractivity contribution in [1.29, 1.82) is 0 Å². The molecule has 2 heterocycles. The molecule has 0 aliphatic carbocycles. The molecule has 4 rings (SSSR count). The van der Waals surface area contributed by atoms with Crippen LogP contribution in [0.4, 0.5) is 5.69 Å². The zero-order valence-corrected chi connectivity index (χ0v) is 11.8. The fraction of sp³-hybridized carbons (Fsp3) is 0.167. The van der Waals surface area contributed by atoms with Crippen molar-refractivity contribution in [3.05, 3.63) is 72.3 Å². The van der Waals surface area contributed by atoms with E-state index in [1.807, 2.05) is 6.20 Å². The Labute approximate surface area is 124 Å². The number of fused-ring (bicyclic) bond motifs is 1. The summed E-state index contributed by atoms with van der Waals surface area (Å²) in [6, 6.07) is 17.4. The molecule has 1 N–H and O–H groups in total. The molecule has 2 aromatic carbocycles. The summed E-state index contributed by atoms with van der Waals surface area (Å²) >= 11 is 0. The Morgan fingerprint density at radius 3 is 2.76 bits per heavy atom. The quantitative estimate of drug-likeness (QED) is 0.791. The first-order valence-corrected chi connectivity index (χ1v) is 7.31. The molecular formula is C18H17N3. The van der Waals surface area contributed by atoms with Gasteiger partial charge in [0.15, 0.2) is 0 Å². The van der Waals surface area contributed by atoms with Gasteiger partial charge in [-0.3, -0.25) is 0 Å². The molecule has 1 aliphatic heterocycles. The van der Waals surface area contributed by atoms with Crippen LogP contribution < -0.4 is 4.90 Å². The van der Waals surface area contributed by atoms with Gasteiger partial charge in [-0.2, -0.15) is 0 Å². The zero-order valence-electron chi connectivity index (χ0n) is 11.8. The van der Waals surface area contributed by atoms with E-state index in [-0.39, 0.29) is 0 Å². The lowest BCUT2D eigenvalue weighted by molar-refractivity contribution is 0.819. The third-order valence-electron chi connectivity index (χ3n) is 4.09. The highest BCUT2D eigenvalue weighted by Crippen LogP contribution is 2.33. The number of benzene rings is 2. The predicted octanol–water partition coefficient (Wildman–Crippen LogP) is 3.64. The maximum Gasteiger partial charge on any atom is 0.0923 e. The lowest BCUT2D eigenvalue weighted by atomic mass is 10.0. The van der Waals surface area contributed by atoms with Crippen molar-refractivity contribution in [2.24, 2.45) is 0 Å². The minimum absolute atomic E-state index is 0.870. The maximum atomic E-state index is 4.34. The highest BCUT2D eigenvalue weighted by atomic mass is 15.2. The van der Waals surface area contributed by atoms with Crippen LogP contribution in [0.25, 0.3) is 11.1 Å². The van der Waals surface area contributed by atoms with E-state index in [1.165, 1.54) is 22.4 Å². The standard InChI is InChI=1S/C18H17N3/c1-2-4-14(5-3-1)16-7-6-15-8-9-21(18(15)10-16)12-17-11-19-13-20-17/h1-7,10-11,13H,8-9,12H2,(H,19,20). The van der Waals surface area contributed by atoms with E-state index in [0.717, 1.165) is 25.2 Å². The van der Waals surface area contributed by atoms with Gasteiger partial charge in [-0.05, 0) is 29.2 Å². The highest BCUT2D eigenvalue weighted by Gasteiger charge is 2.20. The first kappa shape index (κ1) is 12.2.